The average molecular weight is 361 g/mol. The van der Waals surface area contributed by atoms with Crippen LogP contribution >= 0.6 is 11.8 Å². The Morgan fingerprint density at radius 3 is 2.62 bits per heavy atom. The Morgan fingerprint density at radius 1 is 1.19 bits per heavy atom. The van der Waals surface area contributed by atoms with Crippen molar-refractivity contribution in [2.45, 2.75) is 28.9 Å². The first-order chi connectivity index (χ1) is 12.6. The summed E-state index contributed by atoms with van der Waals surface area (Å²) in [5.41, 5.74) is 2.19. The predicted octanol–water partition coefficient (Wildman–Crippen LogP) is 4.27. The van der Waals surface area contributed by atoms with Crippen LogP contribution in [0.5, 0.6) is 0 Å². The molecule has 1 aliphatic rings. The maximum absolute atomic E-state index is 11.8. The van der Waals surface area contributed by atoms with Crippen LogP contribution in [0.3, 0.4) is 0 Å². The molecule has 128 valence electrons. The van der Waals surface area contributed by atoms with Crippen LogP contribution in [0.4, 0.5) is 0 Å². The van der Waals surface area contributed by atoms with Crippen molar-refractivity contribution in [1.29, 1.82) is 5.26 Å². The van der Waals surface area contributed by atoms with E-state index in [1.54, 1.807) is 12.3 Å². The minimum absolute atomic E-state index is 0.605. The molecule has 1 saturated carbocycles. The van der Waals surface area contributed by atoms with E-state index >= 15 is 0 Å². The van der Waals surface area contributed by atoms with Gasteiger partial charge in [0.1, 0.15) is 11.1 Å². The van der Waals surface area contributed by atoms with Gasteiger partial charge in [-0.2, -0.15) is 5.26 Å². The second-order valence-electron chi connectivity index (χ2n) is 6.31. The van der Waals surface area contributed by atoms with Gasteiger partial charge in [-0.1, -0.05) is 30.3 Å². The van der Waals surface area contributed by atoms with Gasteiger partial charge in [-0.3, -0.25) is 4.79 Å². The third kappa shape index (κ3) is 2.61. The Morgan fingerprint density at radius 2 is 1.96 bits per heavy atom. The predicted molar refractivity (Wildman–Crippen MR) is 99.8 cm³/mol. The number of fused-ring (bicyclic) bond motifs is 1. The normalized spacial score (nSPS) is 15.2. The molecule has 1 aliphatic carbocycles. The van der Waals surface area contributed by atoms with E-state index in [0.29, 0.717) is 24.1 Å². The number of carbonyl (C=O) groups is 1. The maximum Gasteiger partial charge on any atom is 0.320 e. The van der Waals surface area contributed by atoms with Gasteiger partial charge < -0.3 is 5.11 Å². The Balaban J connectivity index is 1.87. The van der Waals surface area contributed by atoms with E-state index in [2.05, 4.69) is 16.0 Å². The second-order valence-corrected chi connectivity index (χ2v) is 7.73. The lowest BCUT2D eigenvalue weighted by Crippen LogP contribution is -2.41. The first kappa shape index (κ1) is 16.6. The number of nitriles is 1. The summed E-state index contributed by atoms with van der Waals surface area (Å²) < 4.78 is -0.790. The van der Waals surface area contributed by atoms with Gasteiger partial charge in [-0.25, -0.2) is 9.97 Å². The highest BCUT2D eigenvalue weighted by Crippen LogP contribution is 2.49. The van der Waals surface area contributed by atoms with Gasteiger partial charge in [0, 0.05) is 17.1 Å². The second kappa shape index (κ2) is 6.43. The van der Waals surface area contributed by atoms with Crippen molar-refractivity contribution in [3.8, 4) is 17.3 Å². The van der Waals surface area contributed by atoms with Gasteiger partial charge in [0.15, 0.2) is 0 Å². The fourth-order valence-corrected chi connectivity index (χ4v) is 4.64. The molecule has 2 aromatic carbocycles. The SMILES string of the molecule is N#Cc1ccc(-c2ncncc2SC2(C(=O)O)CCC2)c2ccccc12. The number of nitrogens with zero attached hydrogens (tertiary/aromatic N) is 3. The zero-order valence-corrected chi connectivity index (χ0v) is 14.7. The first-order valence-corrected chi connectivity index (χ1v) is 9.11. The van der Waals surface area contributed by atoms with Gasteiger partial charge in [-0.15, -0.1) is 11.8 Å². The minimum atomic E-state index is -0.790. The molecular weight excluding hydrogens is 346 g/mol. The third-order valence-corrected chi connectivity index (χ3v) is 6.33. The number of hydrogen-bond acceptors (Lipinski definition) is 5. The summed E-state index contributed by atoms with van der Waals surface area (Å²) in [5.74, 6) is -0.784. The zero-order valence-electron chi connectivity index (χ0n) is 13.8. The molecule has 0 saturated heterocycles. The first-order valence-electron chi connectivity index (χ1n) is 8.29. The average Bonchev–Trinajstić information content (AvgIpc) is 2.64. The van der Waals surface area contributed by atoms with Crippen molar-refractivity contribution in [3.05, 3.63) is 54.5 Å². The molecule has 0 aliphatic heterocycles. The summed E-state index contributed by atoms with van der Waals surface area (Å²) in [6.07, 6.45) is 5.37. The summed E-state index contributed by atoms with van der Waals surface area (Å²) in [6, 6.07) is 13.6. The van der Waals surface area contributed by atoms with E-state index in [1.807, 2.05) is 30.3 Å². The van der Waals surface area contributed by atoms with Gasteiger partial charge in [-0.05, 0) is 30.7 Å². The van der Waals surface area contributed by atoms with E-state index < -0.39 is 10.7 Å². The van der Waals surface area contributed by atoms with Crippen LogP contribution in [0, 0.1) is 11.3 Å². The van der Waals surface area contributed by atoms with Gasteiger partial charge in [0.25, 0.3) is 0 Å². The van der Waals surface area contributed by atoms with Crippen molar-refractivity contribution in [2.24, 2.45) is 0 Å². The molecule has 4 rings (SSSR count). The molecule has 3 aromatic rings. The highest BCUT2D eigenvalue weighted by Gasteiger charge is 2.46. The number of aliphatic carboxylic acids is 1. The van der Waals surface area contributed by atoms with Crippen LogP contribution in [-0.4, -0.2) is 25.8 Å². The molecule has 0 atom stereocenters. The largest absolute Gasteiger partial charge is 0.480 e. The highest BCUT2D eigenvalue weighted by atomic mass is 32.2. The molecule has 1 heterocycles. The molecule has 0 unspecified atom stereocenters. The number of carboxylic acids is 1. The summed E-state index contributed by atoms with van der Waals surface area (Å²) in [7, 11) is 0. The Hall–Kier alpha value is -2.91. The molecule has 6 heteroatoms. The van der Waals surface area contributed by atoms with Gasteiger partial charge >= 0.3 is 5.97 Å². The number of hydrogen-bond donors (Lipinski definition) is 1. The molecule has 5 nitrogen and oxygen atoms in total. The van der Waals surface area contributed by atoms with E-state index in [4.69, 9.17) is 0 Å². The van der Waals surface area contributed by atoms with Crippen molar-refractivity contribution < 1.29 is 9.90 Å². The van der Waals surface area contributed by atoms with Crippen molar-refractivity contribution in [1.82, 2.24) is 9.97 Å². The molecule has 1 N–H and O–H groups in total. The topological polar surface area (TPSA) is 86.9 Å². The van der Waals surface area contributed by atoms with E-state index in [0.717, 1.165) is 27.7 Å². The number of carboxylic acid groups (broad SMARTS) is 1. The highest BCUT2D eigenvalue weighted by molar-refractivity contribution is 8.01. The number of thioether (sulfide) groups is 1. The number of aromatic nitrogens is 2. The van der Waals surface area contributed by atoms with Crippen LogP contribution in [-0.2, 0) is 4.79 Å². The maximum atomic E-state index is 11.8. The van der Waals surface area contributed by atoms with Crippen molar-refractivity contribution in [3.63, 3.8) is 0 Å². The molecule has 0 bridgehead atoms. The molecule has 1 fully saturated rings. The smallest absolute Gasteiger partial charge is 0.320 e. The summed E-state index contributed by atoms with van der Waals surface area (Å²) in [4.78, 5) is 21.1. The fraction of sp³-hybridized carbons (Fsp3) is 0.200. The minimum Gasteiger partial charge on any atom is -0.480 e. The Bertz CT molecular complexity index is 1050. The van der Waals surface area contributed by atoms with E-state index in [1.165, 1.54) is 18.1 Å². The molecular formula is C20H15N3O2S. The molecule has 1 aromatic heterocycles. The van der Waals surface area contributed by atoms with Crippen LogP contribution in [0.1, 0.15) is 24.8 Å². The van der Waals surface area contributed by atoms with Crippen LogP contribution < -0.4 is 0 Å². The Kier molecular flexibility index (Phi) is 4.09. The molecule has 0 amide bonds. The Labute approximate surface area is 154 Å². The van der Waals surface area contributed by atoms with Crippen molar-refractivity contribution >= 4 is 28.5 Å². The summed E-state index contributed by atoms with van der Waals surface area (Å²) in [5, 5.41) is 20.8. The number of rotatable bonds is 4. The van der Waals surface area contributed by atoms with Crippen LogP contribution in [0.2, 0.25) is 0 Å². The van der Waals surface area contributed by atoms with E-state index in [9.17, 15) is 15.2 Å². The third-order valence-electron chi connectivity index (χ3n) is 4.83. The summed E-state index contributed by atoms with van der Waals surface area (Å²) in [6.45, 7) is 0. The lowest BCUT2D eigenvalue weighted by Gasteiger charge is -2.37. The standard InChI is InChI=1S/C20H15N3O2S/c21-10-13-6-7-16(15-5-2-1-4-14(13)15)18-17(11-22-12-23-18)26-20(19(24)25)8-3-9-20/h1-2,4-7,11-12H,3,8-9H2,(H,24,25). The van der Waals surface area contributed by atoms with Gasteiger partial charge in [0.05, 0.1) is 22.2 Å². The molecule has 0 spiro atoms. The monoisotopic (exact) mass is 361 g/mol. The van der Waals surface area contributed by atoms with Crippen LogP contribution in [0.15, 0.2) is 53.8 Å². The van der Waals surface area contributed by atoms with Crippen LogP contribution in [0.25, 0.3) is 22.0 Å². The summed E-state index contributed by atoms with van der Waals surface area (Å²) >= 11 is 1.34. The quantitative estimate of drug-likeness (QED) is 0.747. The van der Waals surface area contributed by atoms with Gasteiger partial charge in [0.2, 0.25) is 0 Å². The lowest BCUT2D eigenvalue weighted by atomic mass is 9.84. The lowest BCUT2D eigenvalue weighted by molar-refractivity contribution is -0.142. The molecule has 0 radical (unpaired) electrons. The van der Waals surface area contributed by atoms with Crippen molar-refractivity contribution in [2.75, 3.05) is 0 Å². The van der Waals surface area contributed by atoms with E-state index in [-0.39, 0.29) is 0 Å². The molecule has 26 heavy (non-hydrogen) atoms. The fourth-order valence-electron chi connectivity index (χ4n) is 3.26. The zero-order chi connectivity index (χ0) is 18.1. The number of benzene rings is 2.